The van der Waals surface area contributed by atoms with Gasteiger partial charge < -0.3 is 4.74 Å². The highest BCUT2D eigenvalue weighted by Crippen LogP contribution is 2.40. The van der Waals surface area contributed by atoms with E-state index in [0.717, 1.165) is 59.7 Å². The minimum atomic E-state index is -0.865. The maximum atomic E-state index is 6.34. The molecule has 7 heteroatoms. The molecule has 47 heavy (non-hydrogen) atoms. The molecule has 0 amide bonds. The number of tetrazole rings is 1. The fourth-order valence-corrected chi connectivity index (χ4v) is 6.56. The van der Waals surface area contributed by atoms with Crippen LogP contribution in [0.3, 0.4) is 0 Å². The lowest BCUT2D eigenvalue weighted by Crippen LogP contribution is -2.39. The van der Waals surface area contributed by atoms with Gasteiger partial charge >= 0.3 is 0 Å². The van der Waals surface area contributed by atoms with E-state index in [4.69, 9.17) is 20.1 Å². The van der Waals surface area contributed by atoms with Crippen molar-refractivity contribution in [3.63, 3.8) is 0 Å². The third kappa shape index (κ3) is 5.94. The van der Waals surface area contributed by atoms with Crippen LogP contribution < -0.4 is 4.74 Å². The maximum absolute atomic E-state index is 6.34. The fraction of sp³-hybridized carbons (Fsp3) is 0.100. The van der Waals surface area contributed by atoms with Gasteiger partial charge in [-0.1, -0.05) is 133 Å². The highest BCUT2D eigenvalue weighted by atomic mass is 127. The summed E-state index contributed by atoms with van der Waals surface area (Å²) in [6, 6.07) is 49.8. The van der Waals surface area contributed by atoms with Crippen molar-refractivity contribution in [1.29, 1.82) is 0 Å². The molecule has 0 N–H and O–H groups in total. The van der Waals surface area contributed by atoms with E-state index in [1.165, 1.54) is 0 Å². The quantitative estimate of drug-likeness (QED) is 0.110. The molecule has 0 atom stereocenters. The standard InChI is InChI=1S/C40H32IN5O/c1-28-25-37(38(41)29(2)42-28)47-27-30-23-24-35(31-15-7-3-8-16-31)36(26-30)39-43-45-46(44-39)40(32-17-9-4-10-18-32,33-19-11-5-12-20-33)34-21-13-6-14-22-34/h3-26H,27H2,1-2H3. The average molecular weight is 726 g/mol. The van der Waals surface area contributed by atoms with E-state index >= 15 is 0 Å². The van der Waals surface area contributed by atoms with Gasteiger partial charge in [-0.25, -0.2) is 0 Å². The van der Waals surface area contributed by atoms with Crippen LogP contribution in [0.5, 0.6) is 5.75 Å². The van der Waals surface area contributed by atoms with Gasteiger partial charge in [-0.2, -0.15) is 0 Å². The number of pyridine rings is 1. The number of aryl methyl sites for hydroxylation is 2. The minimum absolute atomic E-state index is 0.386. The first-order valence-electron chi connectivity index (χ1n) is 15.5. The van der Waals surface area contributed by atoms with Crippen molar-refractivity contribution in [2.45, 2.75) is 26.0 Å². The van der Waals surface area contributed by atoms with Crippen LogP contribution in [-0.2, 0) is 12.1 Å². The first-order valence-corrected chi connectivity index (χ1v) is 16.5. The minimum Gasteiger partial charge on any atom is -0.488 e. The summed E-state index contributed by atoms with van der Waals surface area (Å²) in [5.74, 6) is 1.36. The second kappa shape index (κ2) is 13.3. The molecular weight excluding hydrogens is 693 g/mol. The Morgan fingerprint density at radius 1 is 0.660 bits per heavy atom. The molecule has 2 heterocycles. The van der Waals surface area contributed by atoms with E-state index < -0.39 is 5.54 Å². The summed E-state index contributed by atoms with van der Waals surface area (Å²) < 4.78 is 7.36. The Kier molecular flexibility index (Phi) is 8.63. The molecule has 7 aromatic rings. The van der Waals surface area contributed by atoms with Crippen LogP contribution in [0.25, 0.3) is 22.5 Å². The lowest BCUT2D eigenvalue weighted by molar-refractivity contribution is 0.303. The molecule has 0 saturated heterocycles. The molecule has 0 radical (unpaired) electrons. The number of rotatable bonds is 9. The number of ether oxygens (including phenoxy) is 1. The van der Waals surface area contributed by atoms with Crippen molar-refractivity contribution in [3.8, 4) is 28.3 Å². The molecule has 0 aliphatic rings. The Morgan fingerprint density at radius 3 is 1.79 bits per heavy atom. The van der Waals surface area contributed by atoms with Crippen LogP contribution in [0, 0.1) is 17.4 Å². The Labute approximate surface area is 288 Å². The zero-order chi connectivity index (χ0) is 32.2. The van der Waals surface area contributed by atoms with E-state index in [1.54, 1.807) is 4.80 Å². The molecule has 0 unspecified atom stereocenters. The summed E-state index contributed by atoms with van der Waals surface area (Å²) in [6.45, 7) is 4.37. The largest absolute Gasteiger partial charge is 0.488 e. The average Bonchev–Trinajstić information content (AvgIpc) is 3.62. The third-order valence-corrected chi connectivity index (χ3v) is 9.62. The van der Waals surface area contributed by atoms with E-state index in [1.807, 2.05) is 56.3 Å². The number of hydrogen-bond donors (Lipinski definition) is 0. The zero-order valence-electron chi connectivity index (χ0n) is 26.1. The normalized spacial score (nSPS) is 11.4. The van der Waals surface area contributed by atoms with Gasteiger partial charge in [-0.05, 0) is 81.1 Å². The van der Waals surface area contributed by atoms with Crippen molar-refractivity contribution < 1.29 is 4.74 Å². The van der Waals surface area contributed by atoms with Crippen LogP contribution in [0.15, 0.2) is 146 Å². The molecule has 230 valence electrons. The monoisotopic (exact) mass is 725 g/mol. The summed E-state index contributed by atoms with van der Waals surface area (Å²) in [6.07, 6.45) is 0. The van der Waals surface area contributed by atoms with Crippen LogP contribution in [-0.4, -0.2) is 25.2 Å². The molecule has 0 spiro atoms. The molecular formula is C40H32IN5O. The SMILES string of the molecule is Cc1cc(OCc2ccc(-c3ccccc3)c(-c3nnn(C(c4ccccc4)(c4ccccc4)c4ccccc4)n3)c2)c(I)c(C)n1. The smallest absolute Gasteiger partial charge is 0.205 e. The molecule has 0 fully saturated rings. The first kappa shape index (κ1) is 30.5. The van der Waals surface area contributed by atoms with E-state index in [0.29, 0.717) is 12.4 Å². The van der Waals surface area contributed by atoms with Crippen molar-refractivity contribution >= 4 is 22.6 Å². The van der Waals surface area contributed by atoms with Crippen molar-refractivity contribution in [3.05, 3.63) is 183 Å². The summed E-state index contributed by atoms with van der Waals surface area (Å²) in [5.41, 5.74) is 8.08. The summed E-state index contributed by atoms with van der Waals surface area (Å²) >= 11 is 2.30. The third-order valence-electron chi connectivity index (χ3n) is 8.31. The van der Waals surface area contributed by atoms with Crippen LogP contribution in [0.4, 0.5) is 0 Å². The number of halogens is 1. The Morgan fingerprint density at radius 2 is 1.21 bits per heavy atom. The van der Waals surface area contributed by atoms with E-state index in [9.17, 15) is 0 Å². The molecule has 0 aliphatic heterocycles. The predicted octanol–water partition coefficient (Wildman–Crippen LogP) is 9.04. The number of hydrogen-bond acceptors (Lipinski definition) is 5. The van der Waals surface area contributed by atoms with Crippen LogP contribution >= 0.6 is 22.6 Å². The molecule has 0 bridgehead atoms. The molecule has 2 aromatic heterocycles. The highest BCUT2D eigenvalue weighted by Gasteiger charge is 2.41. The summed E-state index contributed by atoms with van der Waals surface area (Å²) in [4.78, 5) is 6.33. The summed E-state index contributed by atoms with van der Waals surface area (Å²) in [7, 11) is 0. The van der Waals surface area contributed by atoms with Gasteiger partial charge in [-0.15, -0.1) is 15.0 Å². The van der Waals surface area contributed by atoms with Crippen molar-refractivity contribution in [2.75, 3.05) is 0 Å². The topological polar surface area (TPSA) is 65.7 Å². The van der Waals surface area contributed by atoms with Gasteiger partial charge in [0.2, 0.25) is 5.82 Å². The maximum Gasteiger partial charge on any atom is 0.205 e. The van der Waals surface area contributed by atoms with E-state index in [-0.39, 0.29) is 0 Å². The Hall–Kier alpha value is -5.15. The Bertz CT molecular complexity index is 2020. The van der Waals surface area contributed by atoms with Gasteiger partial charge in [0, 0.05) is 17.3 Å². The molecule has 0 saturated carbocycles. The second-order valence-electron chi connectivity index (χ2n) is 11.4. The van der Waals surface area contributed by atoms with Crippen molar-refractivity contribution in [1.82, 2.24) is 25.2 Å². The predicted molar refractivity (Wildman–Crippen MR) is 194 cm³/mol. The lowest BCUT2D eigenvalue weighted by atomic mass is 9.77. The molecule has 6 nitrogen and oxygen atoms in total. The van der Waals surface area contributed by atoms with Crippen LogP contribution in [0.1, 0.15) is 33.6 Å². The highest BCUT2D eigenvalue weighted by molar-refractivity contribution is 14.1. The van der Waals surface area contributed by atoms with Crippen LogP contribution in [0.2, 0.25) is 0 Å². The number of aromatic nitrogens is 5. The molecule has 0 aliphatic carbocycles. The van der Waals surface area contributed by atoms with Gasteiger partial charge in [-0.3, -0.25) is 4.98 Å². The zero-order valence-corrected chi connectivity index (χ0v) is 28.2. The van der Waals surface area contributed by atoms with Gasteiger partial charge in [0.1, 0.15) is 12.4 Å². The summed E-state index contributed by atoms with van der Waals surface area (Å²) in [5, 5.41) is 14.8. The van der Waals surface area contributed by atoms with Gasteiger partial charge in [0.05, 0.1) is 9.26 Å². The Balaban J connectivity index is 1.38. The second-order valence-corrected chi connectivity index (χ2v) is 12.5. The first-order chi connectivity index (χ1) is 23.0. The molecule has 5 aromatic carbocycles. The molecule has 7 rings (SSSR count). The van der Waals surface area contributed by atoms with Gasteiger partial charge in [0.25, 0.3) is 0 Å². The lowest BCUT2D eigenvalue weighted by Gasteiger charge is -2.34. The number of nitrogens with zero attached hydrogens (tertiary/aromatic N) is 5. The fourth-order valence-electron chi connectivity index (χ4n) is 6.13. The number of benzene rings is 5. The van der Waals surface area contributed by atoms with E-state index in [2.05, 4.69) is 131 Å². The van der Waals surface area contributed by atoms with Gasteiger partial charge in [0.15, 0.2) is 5.54 Å². The van der Waals surface area contributed by atoms with Crippen molar-refractivity contribution in [2.24, 2.45) is 0 Å².